The Morgan fingerprint density at radius 1 is 1.24 bits per heavy atom. The second-order valence-corrected chi connectivity index (χ2v) is 11.5. The molecular formula is C27H31N3O3S. The number of thiophene rings is 1. The molecule has 1 aliphatic carbocycles. The summed E-state index contributed by atoms with van der Waals surface area (Å²) in [6, 6.07) is 11.7. The second-order valence-electron chi connectivity index (χ2n) is 10.5. The molecule has 7 heteroatoms. The van der Waals surface area contributed by atoms with Crippen LogP contribution in [-0.2, 0) is 28.6 Å². The summed E-state index contributed by atoms with van der Waals surface area (Å²) < 4.78 is 0. The van der Waals surface area contributed by atoms with E-state index in [1.54, 1.807) is 22.3 Å². The fourth-order valence-electron chi connectivity index (χ4n) is 4.80. The van der Waals surface area contributed by atoms with Gasteiger partial charge in [0.15, 0.2) is 6.10 Å². The van der Waals surface area contributed by atoms with E-state index in [1.807, 2.05) is 24.3 Å². The van der Waals surface area contributed by atoms with Crippen molar-refractivity contribution in [3.05, 3.63) is 85.2 Å². The van der Waals surface area contributed by atoms with Crippen LogP contribution in [0.5, 0.6) is 0 Å². The lowest BCUT2D eigenvalue weighted by molar-refractivity contribution is -0.141. The van der Waals surface area contributed by atoms with Crippen molar-refractivity contribution in [1.29, 1.82) is 0 Å². The first-order valence-electron chi connectivity index (χ1n) is 11.9. The van der Waals surface area contributed by atoms with Gasteiger partial charge in [0.25, 0.3) is 11.5 Å². The van der Waals surface area contributed by atoms with Crippen molar-refractivity contribution >= 4 is 17.2 Å². The highest BCUT2D eigenvalue weighted by molar-refractivity contribution is 7.10. The maximum Gasteiger partial charge on any atom is 0.256 e. The molecule has 34 heavy (non-hydrogen) atoms. The van der Waals surface area contributed by atoms with Gasteiger partial charge in [0.05, 0.1) is 23.2 Å². The predicted molar refractivity (Wildman–Crippen MR) is 133 cm³/mol. The number of H-pyrrole nitrogens is 1. The first-order valence-corrected chi connectivity index (χ1v) is 12.8. The van der Waals surface area contributed by atoms with Crippen molar-refractivity contribution in [2.24, 2.45) is 0 Å². The van der Waals surface area contributed by atoms with Crippen LogP contribution in [0.15, 0.2) is 46.6 Å². The minimum absolute atomic E-state index is 0.0843. The molecule has 178 valence electrons. The lowest BCUT2D eigenvalue weighted by atomic mass is 9.85. The molecular weight excluding hydrogens is 446 g/mol. The van der Waals surface area contributed by atoms with Gasteiger partial charge >= 0.3 is 0 Å². The molecule has 1 atom stereocenters. The minimum atomic E-state index is -1.26. The van der Waals surface area contributed by atoms with Gasteiger partial charge < -0.3 is 15.0 Å². The van der Waals surface area contributed by atoms with Crippen LogP contribution < -0.4 is 5.56 Å². The smallest absolute Gasteiger partial charge is 0.256 e. The summed E-state index contributed by atoms with van der Waals surface area (Å²) in [5.41, 5.74) is 2.53. The zero-order chi connectivity index (χ0) is 24.1. The number of nitrogens with one attached hydrogen (secondary N) is 1. The molecule has 0 bridgehead atoms. The van der Waals surface area contributed by atoms with Gasteiger partial charge in [-0.3, -0.25) is 9.59 Å². The highest BCUT2D eigenvalue weighted by Gasteiger charge is 2.49. The molecule has 2 N–H and O–H groups in total. The second kappa shape index (κ2) is 8.47. The number of aliphatic hydroxyl groups is 1. The lowest BCUT2D eigenvalue weighted by Crippen LogP contribution is -2.36. The van der Waals surface area contributed by atoms with Crippen LogP contribution in [0, 0.1) is 0 Å². The highest BCUT2D eigenvalue weighted by Crippen LogP contribution is 2.53. The first kappa shape index (κ1) is 23.0. The third kappa shape index (κ3) is 4.12. The number of aromatic amines is 1. The molecule has 3 heterocycles. The third-order valence-electron chi connectivity index (χ3n) is 7.10. The number of carbonyl (C=O) groups is 1. The number of hydrogen-bond acceptors (Lipinski definition) is 5. The first-order chi connectivity index (χ1) is 16.2. The molecule has 1 aromatic carbocycles. The molecule has 2 aliphatic rings. The fourth-order valence-corrected chi connectivity index (χ4v) is 5.79. The zero-order valence-corrected chi connectivity index (χ0v) is 20.7. The van der Waals surface area contributed by atoms with E-state index >= 15 is 0 Å². The van der Waals surface area contributed by atoms with Crippen molar-refractivity contribution in [3.63, 3.8) is 0 Å². The Bertz CT molecular complexity index is 1270. The number of rotatable bonds is 4. The Kier molecular flexibility index (Phi) is 5.73. The summed E-state index contributed by atoms with van der Waals surface area (Å²) >= 11 is 1.70. The topological polar surface area (TPSA) is 86.3 Å². The fraction of sp³-hybridized carbons (Fsp3) is 0.444. The van der Waals surface area contributed by atoms with E-state index in [4.69, 9.17) is 4.98 Å². The van der Waals surface area contributed by atoms with E-state index in [0.29, 0.717) is 30.5 Å². The van der Waals surface area contributed by atoms with Gasteiger partial charge in [-0.15, -0.1) is 11.3 Å². The number of carbonyl (C=O) groups excluding carboxylic acids is 1. The van der Waals surface area contributed by atoms with E-state index in [1.165, 1.54) is 4.88 Å². The Hall–Kier alpha value is -2.77. The van der Waals surface area contributed by atoms with E-state index in [9.17, 15) is 14.7 Å². The number of aliphatic hydroxyl groups excluding tert-OH is 1. The maximum atomic E-state index is 13.3. The molecule has 0 saturated heterocycles. The maximum absolute atomic E-state index is 13.3. The van der Waals surface area contributed by atoms with E-state index in [0.717, 1.165) is 29.9 Å². The molecule has 1 saturated carbocycles. The third-order valence-corrected chi connectivity index (χ3v) is 8.18. The van der Waals surface area contributed by atoms with Gasteiger partial charge in [-0.05, 0) is 53.7 Å². The van der Waals surface area contributed by atoms with Crippen LogP contribution >= 0.6 is 11.3 Å². The van der Waals surface area contributed by atoms with Crippen LogP contribution in [0.2, 0.25) is 0 Å². The summed E-state index contributed by atoms with van der Waals surface area (Å²) in [6.07, 6.45) is 2.06. The molecule has 0 radical (unpaired) electrons. The molecule has 5 rings (SSSR count). The summed E-state index contributed by atoms with van der Waals surface area (Å²) in [5, 5.41) is 13.0. The van der Waals surface area contributed by atoms with E-state index in [2.05, 4.69) is 37.2 Å². The number of fused-ring (bicyclic) bond motifs is 1. The lowest BCUT2D eigenvalue weighted by Gasteiger charge is -2.25. The van der Waals surface area contributed by atoms with Crippen LogP contribution in [0.1, 0.15) is 79.2 Å². The minimum Gasteiger partial charge on any atom is -0.378 e. The molecule has 3 aromatic rings. The Morgan fingerprint density at radius 2 is 2.03 bits per heavy atom. The van der Waals surface area contributed by atoms with Gasteiger partial charge in [0.2, 0.25) is 0 Å². The normalized spacial score (nSPS) is 18.2. The number of aromatic nitrogens is 2. The molecule has 0 spiro atoms. The van der Waals surface area contributed by atoms with Gasteiger partial charge in [-0.25, -0.2) is 4.98 Å². The average molecular weight is 478 g/mol. The SMILES string of the molecule is CC(C)(C)c1cccc(C(O)C(=O)N2CCCc3nc(C4(c5cccs5)CC4)[nH]c(=O)c3C2)c1. The van der Waals surface area contributed by atoms with Crippen molar-refractivity contribution in [2.45, 2.75) is 69.9 Å². The molecule has 1 fully saturated rings. The monoisotopic (exact) mass is 477 g/mol. The quantitative estimate of drug-likeness (QED) is 0.589. The number of amides is 1. The molecule has 1 amide bonds. The number of hydrogen-bond donors (Lipinski definition) is 2. The zero-order valence-electron chi connectivity index (χ0n) is 19.9. The summed E-state index contributed by atoms with van der Waals surface area (Å²) in [5.74, 6) is 0.372. The number of benzene rings is 1. The van der Waals surface area contributed by atoms with E-state index in [-0.39, 0.29) is 28.8 Å². The van der Waals surface area contributed by atoms with Crippen LogP contribution in [0.4, 0.5) is 0 Å². The van der Waals surface area contributed by atoms with Crippen LogP contribution in [0.25, 0.3) is 0 Å². The Morgan fingerprint density at radius 3 is 2.71 bits per heavy atom. The number of nitrogens with zero attached hydrogens (tertiary/aromatic N) is 2. The van der Waals surface area contributed by atoms with Gasteiger partial charge in [-0.2, -0.15) is 0 Å². The van der Waals surface area contributed by atoms with Crippen LogP contribution in [-0.4, -0.2) is 32.4 Å². The van der Waals surface area contributed by atoms with E-state index < -0.39 is 6.10 Å². The summed E-state index contributed by atoms with van der Waals surface area (Å²) in [7, 11) is 0. The molecule has 6 nitrogen and oxygen atoms in total. The molecule has 2 aromatic heterocycles. The highest BCUT2D eigenvalue weighted by atomic mass is 32.1. The number of aryl methyl sites for hydroxylation is 1. The van der Waals surface area contributed by atoms with Gasteiger partial charge in [-0.1, -0.05) is 51.1 Å². The van der Waals surface area contributed by atoms with Gasteiger partial charge in [0.1, 0.15) is 5.82 Å². The Labute approximate surface area is 203 Å². The standard InChI is InChI=1S/C27H31N3O3S/c1-26(2,3)18-8-4-7-17(15-18)22(31)24(33)30-13-5-9-20-19(16-30)23(32)29-25(28-20)27(11-12-27)21-10-6-14-34-21/h4,6-8,10,14-15,22,31H,5,9,11-13,16H2,1-3H3,(H,28,29,32). The Balaban J connectivity index is 1.40. The van der Waals surface area contributed by atoms with Gasteiger partial charge in [0, 0.05) is 11.4 Å². The van der Waals surface area contributed by atoms with Crippen LogP contribution in [0.3, 0.4) is 0 Å². The van der Waals surface area contributed by atoms with Crippen molar-refractivity contribution in [3.8, 4) is 0 Å². The molecule has 1 unspecified atom stereocenters. The summed E-state index contributed by atoms with van der Waals surface area (Å²) in [6.45, 7) is 6.95. The van der Waals surface area contributed by atoms with Crippen molar-refractivity contribution < 1.29 is 9.90 Å². The molecule has 1 aliphatic heterocycles. The predicted octanol–water partition coefficient (Wildman–Crippen LogP) is 4.22. The average Bonchev–Trinajstić information content (AvgIpc) is 3.50. The summed E-state index contributed by atoms with van der Waals surface area (Å²) in [4.78, 5) is 37.2. The van der Waals surface area contributed by atoms with Crippen molar-refractivity contribution in [2.75, 3.05) is 6.54 Å². The van der Waals surface area contributed by atoms with Crippen molar-refractivity contribution in [1.82, 2.24) is 14.9 Å². The largest absolute Gasteiger partial charge is 0.378 e.